The Kier molecular flexibility index (Phi) is 42.9. The number of nitrogens with one attached hydrogen (secondary N) is 1. The number of carbonyl (C=O) groups excluding carboxylic acids is 2. The first-order chi connectivity index (χ1) is 26.1. The fourth-order valence-electron chi connectivity index (χ4n) is 7.16. The predicted octanol–water partition coefficient (Wildman–Crippen LogP) is 12.5. The Morgan fingerprint density at radius 2 is 0.887 bits per heavy atom. The van der Waals surface area contributed by atoms with E-state index in [0.717, 1.165) is 90.4 Å². The highest BCUT2D eigenvalue weighted by Gasteiger charge is 2.14. The lowest BCUT2D eigenvalue weighted by Crippen LogP contribution is -2.29. The number of esters is 2. The van der Waals surface area contributed by atoms with Crippen LogP contribution in [-0.2, 0) is 30.9 Å². The molecule has 53 heavy (non-hydrogen) atoms. The normalized spacial score (nSPS) is 11.6. The lowest BCUT2D eigenvalue weighted by atomic mass is 10.0. The number of nitrogens with zero attached hydrogens (tertiary/aromatic N) is 1. The molecule has 0 saturated carbocycles. The van der Waals surface area contributed by atoms with Gasteiger partial charge in [-0.2, -0.15) is 0 Å². The van der Waals surface area contributed by atoms with Gasteiger partial charge in [-0.1, -0.05) is 162 Å². The maximum absolute atomic E-state index is 12.8. The van der Waals surface area contributed by atoms with E-state index in [0.29, 0.717) is 19.4 Å². The van der Waals surface area contributed by atoms with E-state index in [-0.39, 0.29) is 29.9 Å². The molecule has 0 amide bonds. The summed E-state index contributed by atoms with van der Waals surface area (Å²) in [5, 5.41) is 0. The van der Waals surface area contributed by atoms with Gasteiger partial charge in [0.1, 0.15) is 6.10 Å². The summed E-state index contributed by atoms with van der Waals surface area (Å²) in [6.07, 6.45) is 39.4. The summed E-state index contributed by atoms with van der Waals surface area (Å²) >= 11 is 0.0125. The first-order valence-electron chi connectivity index (χ1n) is 23.2. The molecule has 0 bridgehead atoms. The highest BCUT2D eigenvalue weighted by atomic mass is 32.2. The highest BCUT2D eigenvalue weighted by molar-refractivity contribution is 7.63. The number of hydrogen-bond acceptors (Lipinski definition) is 6. The van der Waals surface area contributed by atoms with Gasteiger partial charge in [-0.05, 0) is 83.8 Å². The Morgan fingerprint density at radius 3 is 1.38 bits per heavy atom. The smallest absolute Gasteiger partial charge is 0.306 e. The van der Waals surface area contributed by atoms with Crippen LogP contribution in [0, 0.1) is 0 Å². The number of unbranched alkanes of at least 4 members (excludes halogenated alkanes) is 24. The second-order valence-corrected chi connectivity index (χ2v) is 16.3. The molecule has 0 aromatic rings. The zero-order valence-electron chi connectivity index (χ0n) is 35.6. The van der Waals surface area contributed by atoms with E-state index in [1.165, 1.54) is 141 Å². The minimum absolute atomic E-state index is 0.0125. The number of hydrogen-bond donors (Lipinski definition) is 2. The second kappa shape index (κ2) is 43.7. The molecule has 316 valence electrons. The van der Waals surface area contributed by atoms with Gasteiger partial charge in [-0.15, -0.1) is 0 Å². The van der Waals surface area contributed by atoms with Gasteiger partial charge >= 0.3 is 11.9 Å². The molecular weight excluding hydrogens is 681 g/mol. The summed E-state index contributed by atoms with van der Waals surface area (Å²) in [4.78, 5) is 27.4. The molecule has 0 aliphatic carbocycles. The van der Waals surface area contributed by atoms with Crippen LogP contribution >= 0.6 is 0 Å². The first-order valence-corrected chi connectivity index (χ1v) is 24.0. The van der Waals surface area contributed by atoms with Crippen LogP contribution in [0.15, 0.2) is 0 Å². The van der Waals surface area contributed by atoms with Crippen LogP contribution in [0.1, 0.15) is 239 Å². The zero-order valence-corrected chi connectivity index (χ0v) is 36.5. The van der Waals surface area contributed by atoms with E-state index in [1.807, 2.05) is 0 Å². The molecule has 0 rings (SSSR count). The van der Waals surface area contributed by atoms with Crippen LogP contribution in [0.25, 0.3) is 0 Å². The molecule has 7 nitrogen and oxygen atoms in total. The van der Waals surface area contributed by atoms with Crippen LogP contribution in [0.2, 0.25) is 0 Å². The van der Waals surface area contributed by atoms with Crippen molar-refractivity contribution < 1.29 is 23.3 Å². The summed E-state index contributed by atoms with van der Waals surface area (Å²) in [7, 11) is 0. The van der Waals surface area contributed by atoms with Crippen LogP contribution < -0.4 is 4.72 Å². The molecule has 0 aromatic carbocycles. The molecule has 0 unspecified atom stereocenters. The molecule has 8 heteroatoms. The molecule has 0 heterocycles. The van der Waals surface area contributed by atoms with E-state index in [1.54, 1.807) is 0 Å². The standard InChI is InChI=1S/C45H90N2O5S/c1-4-7-10-13-16-25-32-42-51-44(48)36-28-21-17-23-30-39-47(41-33-38-46-53-50)40-31-24-18-22-29-37-45(49)52-43(34-26-19-14-11-8-5-2)35-27-20-15-12-9-6-3/h43,53H,4-42H2,1-3H3,(H,46,50). The van der Waals surface area contributed by atoms with Crippen molar-refractivity contribution in [3.8, 4) is 0 Å². The number of thiol groups is 1. The quantitative estimate of drug-likeness (QED) is 0.0365. The Hall–Kier alpha value is -0.990. The molecule has 0 spiro atoms. The summed E-state index contributed by atoms with van der Waals surface area (Å²) in [6, 6.07) is 0. The van der Waals surface area contributed by atoms with Crippen LogP contribution in [-0.4, -0.2) is 59.9 Å². The molecule has 0 fully saturated rings. The molecule has 0 aliphatic rings. The third-order valence-electron chi connectivity index (χ3n) is 10.6. The van der Waals surface area contributed by atoms with Crippen molar-refractivity contribution in [3.63, 3.8) is 0 Å². The van der Waals surface area contributed by atoms with Gasteiger partial charge in [0.25, 0.3) is 0 Å². The lowest BCUT2D eigenvalue weighted by Gasteiger charge is -2.22. The Balaban J connectivity index is 4.16. The molecule has 0 aromatic heterocycles. The Morgan fingerprint density at radius 1 is 0.491 bits per heavy atom. The molecular formula is C45H90N2O5S. The second-order valence-electron chi connectivity index (χ2n) is 15.8. The van der Waals surface area contributed by atoms with Gasteiger partial charge in [-0.3, -0.25) is 9.59 Å². The zero-order chi connectivity index (χ0) is 38.7. The van der Waals surface area contributed by atoms with E-state index in [9.17, 15) is 13.8 Å². The van der Waals surface area contributed by atoms with Gasteiger partial charge in [0, 0.05) is 19.4 Å². The average Bonchev–Trinajstić information content (AvgIpc) is 3.15. The van der Waals surface area contributed by atoms with E-state index < -0.39 is 0 Å². The van der Waals surface area contributed by atoms with Crippen molar-refractivity contribution in [1.29, 1.82) is 0 Å². The van der Waals surface area contributed by atoms with Crippen LogP contribution in [0.3, 0.4) is 0 Å². The van der Waals surface area contributed by atoms with Crippen molar-refractivity contribution >= 4 is 23.8 Å². The molecule has 0 radical (unpaired) electrons. The summed E-state index contributed by atoms with van der Waals surface area (Å²) in [6.45, 7) is 11.3. The van der Waals surface area contributed by atoms with E-state index >= 15 is 0 Å². The van der Waals surface area contributed by atoms with Gasteiger partial charge in [-0.25, -0.2) is 8.93 Å². The van der Waals surface area contributed by atoms with E-state index in [4.69, 9.17) is 9.47 Å². The number of carbonyl (C=O) groups is 2. The van der Waals surface area contributed by atoms with Crippen molar-refractivity contribution in [2.75, 3.05) is 32.8 Å². The minimum atomic E-state index is -0.0283. The maximum atomic E-state index is 12.8. The molecule has 0 atom stereocenters. The number of rotatable bonds is 44. The first kappa shape index (κ1) is 52.0. The molecule has 1 N–H and O–H groups in total. The van der Waals surface area contributed by atoms with Crippen molar-refractivity contribution in [1.82, 2.24) is 9.62 Å². The largest absolute Gasteiger partial charge is 0.466 e. The summed E-state index contributed by atoms with van der Waals surface area (Å²) in [5.41, 5.74) is 0. The van der Waals surface area contributed by atoms with Crippen molar-refractivity contribution in [2.45, 2.75) is 245 Å². The summed E-state index contributed by atoms with van der Waals surface area (Å²) in [5.74, 6) is -0.0117. The van der Waals surface area contributed by atoms with Gasteiger partial charge in [0.05, 0.1) is 18.5 Å². The van der Waals surface area contributed by atoms with Crippen LogP contribution in [0.5, 0.6) is 0 Å². The SMILES string of the molecule is CCCCCCCCCOC(=O)CCCCCCCN(CCCCCCCC(=O)OC(CCCCCCCC)CCCCCCCC)CCCN[SH]=O. The van der Waals surface area contributed by atoms with E-state index in [2.05, 4.69) is 30.4 Å². The molecule has 0 saturated heterocycles. The monoisotopic (exact) mass is 771 g/mol. The maximum Gasteiger partial charge on any atom is 0.306 e. The Bertz CT molecular complexity index is 770. The highest BCUT2D eigenvalue weighted by Crippen LogP contribution is 2.18. The van der Waals surface area contributed by atoms with Crippen molar-refractivity contribution in [2.24, 2.45) is 0 Å². The minimum Gasteiger partial charge on any atom is -0.466 e. The lowest BCUT2D eigenvalue weighted by molar-refractivity contribution is -0.150. The fourth-order valence-corrected chi connectivity index (χ4v) is 7.41. The fraction of sp³-hybridized carbons (Fsp3) is 0.956. The average molecular weight is 771 g/mol. The number of ether oxygens (including phenoxy) is 2. The Labute approximate surface area is 333 Å². The van der Waals surface area contributed by atoms with Crippen LogP contribution in [0.4, 0.5) is 0 Å². The topological polar surface area (TPSA) is 84.9 Å². The third kappa shape index (κ3) is 40.5. The van der Waals surface area contributed by atoms with Gasteiger partial charge in [0.15, 0.2) is 0 Å². The van der Waals surface area contributed by atoms with Gasteiger partial charge < -0.3 is 14.4 Å². The predicted molar refractivity (Wildman–Crippen MR) is 229 cm³/mol. The third-order valence-corrected chi connectivity index (χ3v) is 11.0. The summed E-state index contributed by atoms with van der Waals surface area (Å²) < 4.78 is 25.1. The molecule has 0 aliphatic heterocycles. The van der Waals surface area contributed by atoms with Gasteiger partial charge in [0.2, 0.25) is 0 Å². The van der Waals surface area contributed by atoms with Crippen molar-refractivity contribution in [3.05, 3.63) is 0 Å².